The van der Waals surface area contributed by atoms with Crippen LogP contribution in [0.15, 0.2) is 18.2 Å². The summed E-state index contributed by atoms with van der Waals surface area (Å²) in [6, 6.07) is 4.72. The van der Waals surface area contributed by atoms with Gasteiger partial charge in [0.05, 0.1) is 5.02 Å². The zero-order chi connectivity index (χ0) is 13.1. The molecule has 7 heteroatoms. The molecule has 0 spiro atoms. The first-order valence-electron chi connectivity index (χ1n) is 4.80. The van der Waals surface area contributed by atoms with Crippen molar-refractivity contribution in [1.29, 1.82) is 0 Å². The fraction of sp³-hybridized carbons (Fsp3) is 0.300. The molecule has 0 amide bonds. The lowest BCUT2D eigenvalue weighted by molar-refractivity contribution is -0.142. The number of carboxylic acid groups (broad SMARTS) is 1. The Balaban J connectivity index is 2.87. The molecule has 1 atom stereocenters. The van der Waals surface area contributed by atoms with E-state index in [-0.39, 0.29) is 17.2 Å². The number of nitrogens with two attached hydrogens (primary N) is 1. The van der Waals surface area contributed by atoms with Crippen LogP contribution in [-0.4, -0.2) is 29.3 Å². The summed E-state index contributed by atoms with van der Waals surface area (Å²) < 4.78 is 4.72. The third-order valence-electron chi connectivity index (χ3n) is 2.24. The topological polar surface area (TPSA) is 92.8 Å². The predicted molar refractivity (Wildman–Crippen MR) is 64.0 cm³/mol. The smallest absolute Gasteiger partial charge is 0.536 e. The van der Waals surface area contributed by atoms with Crippen molar-refractivity contribution in [3.8, 4) is 5.75 Å². The highest BCUT2D eigenvalue weighted by Crippen LogP contribution is 2.26. The van der Waals surface area contributed by atoms with Crippen molar-refractivity contribution in [3.05, 3.63) is 28.8 Å². The van der Waals surface area contributed by atoms with Crippen LogP contribution in [0.2, 0.25) is 5.02 Å². The lowest BCUT2D eigenvalue weighted by atomic mass is 9.94. The summed E-state index contributed by atoms with van der Waals surface area (Å²) in [5.74, 6) is -0.801. The molecule has 4 N–H and O–H groups in total. The van der Waals surface area contributed by atoms with Crippen LogP contribution in [0.1, 0.15) is 12.5 Å². The van der Waals surface area contributed by atoms with E-state index in [1.807, 2.05) is 0 Å². The molecule has 5 nitrogen and oxygen atoms in total. The van der Waals surface area contributed by atoms with Crippen LogP contribution >= 0.6 is 11.6 Å². The van der Waals surface area contributed by atoms with Gasteiger partial charge in [-0.15, -0.1) is 0 Å². The fourth-order valence-electron chi connectivity index (χ4n) is 1.31. The highest BCUT2D eigenvalue weighted by Gasteiger charge is 2.28. The highest BCUT2D eigenvalue weighted by molar-refractivity contribution is 6.32. The Morgan fingerprint density at radius 3 is 2.76 bits per heavy atom. The van der Waals surface area contributed by atoms with Crippen molar-refractivity contribution in [3.63, 3.8) is 0 Å². The number of halogens is 1. The van der Waals surface area contributed by atoms with Gasteiger partial charge in [0.25, 0.3) is 0 Å². The van der Waals surface area contributed by atoms with E-state index >= 15 is 0 Å². The number of carboxylic acids is 1. The van der Waals surface area contributed by atoms with Gasteiger partial charge < -0.3 is 20.5 Å². The molecule has 1 rings (SSSR count). The van der Waals surface area contributed by atoms with E-state index in [1.54, 1.807) is 12.1 Å². The first kappa shape index (κ1) is 13.8. The second-order valence-corrected chi connectivity index (χ2v) is 4.29. The molecule has 0 aliphatic rings. The first-order chi connectivity index (χ1) is 7.86. The van der Waals surface area contributed by atoms with Crippen molar-refractivity contribution >= 4 is 25.3 Å². The van der Waals surface area contributed by atoms with E-state index in [9.17, 15) is 4.79 Å². The van der Waals surface area contributed by atoms with Crippen molar-refractivity contribution < 1.29 is 19.6 Å². The van der Waals surface area contributed by atoms with Crippen molar-refractivity contribution in [1.82, 2.24) is 0 Å². The minimum absolute atomic E-state index is 0.144. The summed E-state index contributed by atoms with van der Waals surface area (Å²) in [6.07, 6.45) is 0.144. The highest BCUT2D eigenvalue weighted by atomic mass is 35.5. The monoisotopic (exact) mass is 256 g/mol. The minimum Gasteiger partial charge on any atom is -0.536 e. The van der Waals surface area contributed by atoms with Crippen LogP contribution in [0.25, 0.3) is 0 Å². The third kappa shape index (κ3) is 3.62. The molecule has 0 aromatic heterocycles. The summed E-state index contributed by atoms with van der Waals surface area (Å²) in [7, 11) is 0.519. The van der Waals surface area contributed by atoms with Gasteiger partial charge in [-0.25, -0.2) is 0 Å². The number of hydrogen-bond acceptors (Lipinski definition) is 4. The fourth-order valence-corrected chi connectivity index (χ4v) is 1.55. The maximum Gasteiger partial charge on any atom is 0.569 e. The van der Waals surface area contributed by atoms with Gasteiger partial charge in [-0.1, -0.05) is 17.7 Å². The Bertz CT molecular complexity index is 425. The molecule has 0 unspecified atom stereocenters. The van der Waals surface area contributed by atoms with Crippen LogP contribution in [-0.2, 0) is 11.2 Å². The Kier molecular flexibility index (Phi) is 4.39. The summed E-state index contributed by atoms with van der Waals surface area (Å²) >= 11 is 5.87. The third-order valence-corrected chi connectivity index (χ3v) is 2.53. The number of benzene rings is 1. The van der Waals surface area contributed by atoms with Crippen LogP contribution in [0.4, 0.5) is 0 Å². The zero-order valence-electron chi connectivity index (χ0n) is 9.18. The molecule has 0 saturated carbocycles. The molecular formula is C10H12BClNO4. The summed E-state index contributed by atoms with van der Waals surface area (Å²) in [5, 5.41) is 17.6. The van der Waals surface area contributed by atoms with Gasteiger partial charge in [-0.2, -0.15) is 0 Å². The lowest BCUT2D eigenvalue weighted by Crippen LogP contribution is -2.46. The normalized spacial score (nSPS) is 13.9. The Morgan fingerprint density at radius 2 is 2.29 bits per heavy atom. The molecule has 0 saturated heterocycles. The lowest BCUT2D eigenvalue weighted by Gasteiger charge is -2.19. The van der Waals surface area contributed by atoms with Gasteiger partial charge in [0.1, 0.15) is 11.3 Å². The van der Waals surface area contributed by atoms with E-state index in [1.165, 1.54) is 13.0 Å². The first-order valence-corrected chi connectivity index (χ1v) is 5.18. The van der Waals surface area contributed by atoms with Crippen molar-refractivity contribution in [2.75, 3.05) is 0 Å². The molecule has 1 aromatic carbocycles. The Hall–Kier alpha value is -1.24. The molecule has 0 bridgehead atoms. The average Bonchev–Trinajstić information content (AvgIpc) is 2.21. The summed E-state index contributed by atoms with van der Waals surface area (Å²) in [5.41, 5.74) is 4.94. The van der Waals surface area contributed by atoms with E-state index < -0.39 is 11.5 Å². The van der Waals surface area contributed by atoms with Crippen molar-refractivity contribution in [2.24, 2.45) is 5.73 Å². The molecule has 1 radical (unpaired) electrons. The number of aliphatic carboxylic acids is 1. The van der Waals surface area contributed by atoms with Crippen LogP contribution in [0.3, 0.4) is 0 Å². The van der Waals surface area contributed by atoms with Crippen LogP contribution < -0.4 is 10.4 Å². The van der Waals surface area contributed by atoms with Gasteiger partial charge in [-0.05, 0) is 24.6 Å². The number of rotatable bonds is 5. The van der Waals surface area contributed by atoms with Crippen LogP contribution in [0, 0.1) is 0 Å². The minimum atomic E-state index is -1.35. The number of carbonyl (C=O) groups is 1. The van der Waals surface area contributed by atoms with E-state index in [0.717, 1.165) is 0 Å². The van der Waals surface area contributed by atoms with Gasteiger partial charge in [0.2, 0.25) is 0 Å². The zero-order valence-corrected chi connectivity index (χ0v) is 9.94. The molecule has 0 heterocycles. The summed E-state index contributed by atoms with van der Waals surface area (Å²) in [4.78, 5) is 10.9. The molecular weight excluding hydrogens is 244 g/mol. The van der Waals surface area contributed by atoms with Gasteiger partial charge >= 0.3 is 13.7 Å². The summed E-state index contributed by atoms with van der Waals surface area (Å²) in [6.45, 7) is 1.43. The maximum atomic E-state index is 10.9. The Labute approximate surface area is 104 Å². The SMILES string of the molecule is C[C@](N)(Cc1ccc(O[B]O)c(Cl)c1)C(=O)O. The Morgan fingerprint density at radius 1 is 1.65 bits per heavy atom. The predicted octanol–water partition coefficient (Wildman–Crippen LogP) is 0.590. The standard InChI is InChI=1S/C10H12BClNO4/c1-10(13,9(14)15)5-6-2-3-8(17-11-16)7(12)4-6/h2-4,16H,5,13H2,1H3,(H,14,15)/t10-/m0/s1. The molecule has 0 aliphatic carbocycles. The van der Waals surface area contributed by atoms with Gasteiger partial charge in [0.15, 0.2) is 0 Å². The largest absolute Gasteiger partial charge is 0.569 e. The van der Waals surface area contributed by atoms with Gasteiger partial charge in [-0.3, -0.25) is 4.79 Å². The second kappa shape index (κ2) is 5.40. The van der Waals surface area contributed by atoms with Crippen molar-refractivity contribution in [2.45, 2.75) is 18.9 Å². The molecule has 91 valence electrons. The molecule has 0 fully saturated rings. The number of hydrogen-bond donors (Lipinski definition) is 3. The molecule has 1 aromatic rings. The maximum absolute atomic E-state index is 10.9. The van der Waals surface area contributed by atoms with Gasteiger partial charge in [0, 0.05) is 6.42 Å². The van der Waals surface area contributed by atoms with E-state index in [2.05, 4.69) is 0 Å². The van der Waals surface area contributed by atoms with E-state index in [0.29, 0.717) is 13.2 Å². The second-order valence-electron chi connectivity index (χ2n) is 3.89. The molecule has 17 heavy (non-hydrogen) atoms. The van der Waals surface area contributed by atoms with E-state index in [4.69, 9.17) is 32.1 Å². The average molecular weight is 256 g/mol. The van der Waals surface area contributed by atoms with Crippen LogP contribution in [0.5, 0.6) is 5.75 Å². The molecule has 0 aliphatic heterocycles. The quantitative estimate of drug-likeness (QED) is 0.671.